The summed E-state index contributed by atoms with van der Waals surface area (Å²) < 4.78 is 46.1. The Morgan fingerprint density at radius 3 is 2.66 bits per heavy atom. The number of alkyl halides is 3. The Morgan fingerprint density at radius 2 is 1.90 bits per heavy atom. The van der Waals surface area contributed by atoms with Crippen molar-refractivity contribution in [2.75, 3.05) is 18.5 Å². The number of para-hydroxylation sites is 1. The van der Waals surface area contributed by atoms with Gasteiger partial charge in [0.15, 0.2) is 5.88 Å². The predicted molar refractivity (Wildman–Crippen MR) is 106 cm³/mol. The summed E-state index contributed by atoms with van der Waals surface area (Å²) in [6.07, 6.45) is -1.81. The molecule has 1 fully saturated rings. The van der Waals surface area contributed by atoms with Crippen molar-refractivity contribution in [1.82, 2.24) is 4.98 Å². The summed E-state index contributed by atoms with van der Waals surface area (Å²) in [6, 6.07) is 11.1. The van der Waals surface area contributed by atoms with E-state index in [4.69, 9.17) is 4.74 Å². The zero-order chi connectivity index (χ0) is 20.4. The van der Waals surface area contributed by atoms with E-state index in [1.807, 2.05) is 12.1 Å². The number of ether oxygens (including phenoxy) is 1. The van der Waals surface area contributed by atoms with Crippen molar-refractivity contribution < 1.29 is 23.0 Å². The Hall–Kier alpha value is -3.00. The van der Waals surface area contributed by atoms with Gasteiger partial charge in [0, 0.05) is 42.1 Å². The van der Waals surface area contributed by atoms with Gasteiger partial charge in [-0.05, 0) is 37.1 Å². The lowest BCUT2D eigenvalue weighted by Crippen LogP contribution is -2.28. The number of H-pyrrole nitrogens is 1. The fraction of sp³-hybridized carbons (Fsp3) is 0.286. The van der Waals surface area contributed by atoms with Crippen LogP contribution in [0.15, 0.2) is 47.5 Å². The number of aromatic amines is 1. The van der Waals surface area contributed by atoms with Crippen molar-refractivity contribution >= 4 is 28.5 Å². The highest BCUT2D eigenvalue weighted by atomic mass is 19.4. The molecule has 0 bridgehead atoms. The fourth-order valence-electron chi connectivity index (χ4n) is 3.45. The van der Waals surface area contributed by atoms with Crippen LogP contribution in [0, 0.1) is 0 Å². The van der Waals surface area contributed by atoms with Crippen LogP contribution in [0.3, 0.4) is 0 Å². The van der Waals surface area contributed by atoms with Crippen molar-refractivity contribution in [2.45, 2.75) is 25.1 Å². The maximum atomic E-state index is 13.6. The largest absolute Gasteiger partial charge is 0.494 e. The number of anilines is 1. The van der Waals surface area contributed by atoms with E-state index in [9.17, 15) is 18.3 Å². The van der Waals surface area contributed by atoms with Crippen molar-refractivity contribution in [3.05, 3.63) is 53.6 Å². The minimum atomic E-state index is -4.51. The first-order valence-electron chi connectivity index (χ1n) is 9.31. The lowest BCUT2D eigenvalue weighted by Gasteiger charge is -2.26. The highest BCUT2D eigenvalue weighted by molar-refractivity contribution is 6.02. The van der Waals surface area contributed by atoms with E-state index in [1.165, 1.54) is 18.3 Å². The molecule has 8 heteroatoms. The Kier molecular flexibility index (Phi) is 5.19. The lowest BCUT2D eigenvalue weighted by atomic mass is 10.1. The summed E-state index contributed by atoms with van der Waals surface area (Å²) in [5, 5.41) is 13.8. The van der Waals surface area contributed by atoms with Gasteiger partial charge in [0.2, 0.25) is 0 Å². The molecule has 1 aliphatic rings. The molecule has 0 spiro atoms. The monoisotopic (exact) mass is 403 g/mol. The first-order valence-corrected chi connectivity index (χ1v) is 9.31. The minimum Gasteiger partial charge on any atom is -0.494 e. The van der Waals surface area contributed by atoms with E-state index in [0.29, 0.717) is 31.6 Å². The van der Waals surface area contributed by atoms with Gasteiger partial charge in [0.05, 0.1) is 16.8 Å². The molecule has 152 valence electrons. The molecule has 1 aromatic heterocycles. The second kappa shape index (κ2) is 7.79. The van der Waals surface area contributed by atoms with E-state index in [2.05, 4.69) is 15.3 Å². The molecule has 0 saturated carbocycles. The minimum absolute atomic E-state index is 0.0401. The maximum absolute atomic E-state index is 13.6. The smallest absolute Gasteiger partial charge is 0.418 e. The van der Waals surface area contributed by atoms with Crippen LogP contribution < -0.4 is 5.32 Å². The highest BCUT2D eigenvalue weighted by Crippen LogP contribution is 2.38. The molecule has 0 atom stereocenters. The van der Waals surface area contributed by atoms with Gasteiger partial charge in [-0.1, -0.05) is 18.2 Å². The fourth-order valence-corrected chi connectivity index (χ4v) is 3.45. The van der Waals surface area contributed by atoms with E-state index >= 15 is 0 Å². The molecule has 1 aliphatic heterocycles. The molecular formula is C21H20F3N3O2. The molecule has 0 radical (unpaired) electrons. The summed E-state index contributed by atoms with van der Waals surface area (Å²) in [7, 11) is 0. The molecule has 1 saturated heterocycles. The first kappa shape index (κ1) is 19.3. The molecule has 29 heavy (non-hydrogen) atoms. The second-order valence-corrected chi connectivity index (χ2v) is 6.95. The zero-order valence-electron chi connectivity index (χ0n) is 15.5. The van der Waals surface area contributed by atoms with Gasteiger partial charge in [-0.15, -0.1) is 0 Å². The lowest BCUT2D eigenvalue weighted by molar-refractivity contribution is -0.136. The number of halogens is 3. The van der Waals surface area contributed by atoms with Gasteiger partial charge in [0.1, 0.15) is 0 Å². The van der Waals surface area contributed by atoms with E-state index in [0.717, 1.165) is 17.0 Å². The average Bonchev–Trinajstić information content (AvgIpc) is 3.02. The number of rotatable bonds is 4. The van der Waals surface area contributed by atoms with Crippen LogP contribution in [0.5, 0.6) is 5.88 Å². The highest BCUT2D eigenvalue weighted by Gasteiger charge is 2.34. The molecule has 0 unspecified atom stereocenters. The number of fused-ring (bicyclic) bond motifs is 1. The quantitative estimate of drug-likeness (QED) is 0.522. The number of nitrogens with zero attached hydrogens (tertiary/aromatic N) is 1. The van der Waals surface area contributed by atoms with Crippen LogP contribution >= 0.6 is 0 Å². The Bertz CT molecular complexity index is 1040. The second-order valence-electron chi connectivity index (χ2n) is 6.95. The zero-order valence-corrected chi connectivity index (χ0v) is 15.5. The number of hydrogen-bond donors (Lipinski definition) is 3. The molecule has 3 N–H and O–H groups in total. The van der Waals surface area contributed by atoms with Crippen LogP contribution in [0.1, 0.15) is 24.0 Å². The number of hydrogen-bond acceptors (Lipinski definition) is 4. The van der Waals surface area contributed by atoms with Crippen LogP contribution in [-0.2, 0) is 10.9 Å². The van der Waals surface area contributed by atoms with Crippen LogP contribution in [0.2, 0.25) is 0 Å². The maximum Gasteiger partial charge on any atom is 0.418 e. The van der Waals surface area contributed by atoms with Gasteiger partial charge in [-0.25, -0.2) is 0 Å². The molecule has 2 aromatic carbocycles. The summed E-state index contributed by atoms with van der Waals surface area (Å²) in [5.74, 6) is -0.0798. The number of aromatic hydroxyl groups is 1. The van der Waals surface area contributed by atoms with Gasteiger partial charge in [0.25, 0.3) is 0 Å². The SMILES string of the molecule is Oc1[nH]c2ccccc2c1C=Nc1ccc(NC2CCOCC2)c(C(F)(F)F)c1. The van der Waals surface area contributed by atoms with Crippen molar-refractivity contribution in [2.24, 2.45) is 4.99 Å². The third kappa shape index (κ3) is 4.22. The van der Waals surface area contributed by atoms with Crippen LogP contribution in [0.25, 0.3) is 10.9 Å². The molecule has 2 heterocycles. The molecule has 0 aliphatic carbocycles. The van der Waals surface area contributed by atoms with Crippen molar-refractivity contribution in [1.29, 1.82) is 0 Å². The number of aliphatic imine (C=N–C) groups is 1. The summed E-state index contributed by atoms with van der Waals surface area (Å²) in [6.45, 7) is 1.07. The van der Waals surface area contributed by atoms with E-state index in [-0.39, 0.29) is 23.3 Å². The van der Waals surface area contributed by atoms with Crippen LogP contribution in [-0.4, -0.2) is 35.6 Å². The van der Waals surface area contributed by atoms with Gasteiger partial charge < -0.3 is 20.1 Å². The van der Waals surface area contributed by atoms with Crippen molar-refractivity contribution in [3.8, 4) is 5.88 Å². The van der Waals surface area contributed by atoms with Crippen molar-refractivity contribution in [3.63, 3.8) is 0 Å². The predicted octanol–water partition coefficient (Wildman–Crippen LogP) is 5.23. The molecule has 4 rings (SSSR count). The summed E-state index contributed by atoms with van der Waals surface area (Å²) in [5.41, 5.74) is 0.580. The molecule has 3 aromatic rings. The summed E-state index contributed by atoms with van der Waals surface area (Å²) in [4.78, 5) is 6.99. The third-order valence-electron chi connectivity index (χ3n) is 4.96. The van der Waals surface area contributed by atoms with Gasteiger partial charge >= 0.3 is 6.18 Å². The topological polar surface area (TPSA) is 69.6 Å². The Labute approximate surface area is 165 Å². The molecule has 5 nitrogen and oxygen atoms in total. The van der Waals surface area contributed by atoms with Gasteiger partial charge in [-0.2, -0.15) is 13.2 Å². The Balaban J connectivity index is 1.64. The standard InChI is InChI=1S/C21H20F3N3O2/c22-21(23,24)17-11-14(5-6-19(17)26-13-7-9-29-10-8-13)25-12-16-15-3-1-2-4-18(15)27-20(16)28/h1-6,11-13,26-28H,7-10H2. The normalized spacial score (nSPS) is 16.0. The molecular weight excluding hydrogens is 383 g/mol. The van der Waals surface area contributed by atoms with Crippen LogP contribution in [0.4, 0.5) is 24.5 Å². The Morgan fingerprint density at radius 1 is 1.14 bits per heavy atom. The van der Waals surface area contributed by atoms with E-state index in [1.54, 1.807) is 12.1 Å². The first-order chi connectivity index (χ1) is 13.9. The van der Waals surface area contributed by atoms with E-state index < -0.39 is 11.7 Å². The third-order valence-corrected chi connectivity index (χ3v) is 4.96. The molecule has 0 amide bonds. The van der Waals surface area contributed by atoms with Gasteiger partial charge in [-0.3, -0.25) is 4.99 Å². The number of aromatic nitrogens is 1. The average molecular weight is 403 g/mol. The number of nitrogens with one attached hydrogen (secondary N) is 2. The number of benzene rings is 2. The summed E-state index contributed by atoms with van der Waals surface area (Å²) >= 11 is 0.